The Morgan fingerprint density at radius 3 is 0.511 bits per heavy atom. The van der Waals surface area contributed by atoms with Gasteiger partial charge in [-0.15, -0.1) is 44.3 Å². The number of nitrogens with one attached hydrogen (secondary N) is 2. The molecule has 0 amide bonds. The molecule has 7 aromatic rings. The predicted octanol–water partition coefficient (Wildman–Crippen LogP) is 16.7. The monoisotopic (exact) mass is 1280 g/mol. The summed E-state index contributed by atoms with van der Waals surface area (Å²) in [7, 11) is -14.8. The first-order chi connectivity index (χ1) is 40.5. The molecule has 0 fully saturated rings. The molecule has 0 radical (unpaired) electrons. The van der Waals surface area contributed by atoms with Crippen LogP contribution in [0.2, 0.25) is 157 Å². The van der Waals surface area contributed by atoms with E-state index in [1.54, 1.807) is 0 Å². The first-order valence-corrected chi connectivity index (χ1v) is 58.3. The molecule has 0 unspecified atom stereocenters. The van der Waals surface area contributed by atoms with E-state index in [0.717, 1.165) is 88.3 Å². The van der Waals surface area contributed by atoms with Crippen molar-refractivity contribution in [2.24, 2.45) is 0 Å². The smallest absolute Gasteiger partial charge is 0.164 e. The number of aromatic nitrogens is 8. The van der Waals surface area contributed by atoms with E-state index in [0.29, 0.717) is 45.9 Å². The van der Waals surface area contributed by atoms with Crippen LogP contribution in [0, 0.1) is 91.7 Å². The molecule has 2 N–H and O–H groups in total. The third-order valence-electron chi connectivity index (χ3n) is 13.0. The Morgan fingerprint density at radius 1 is 0.216 bits per heavy atom. The standard InChI is InChI=1S/C72H82N8Si8/c1-81(2,3)33-25-49-41-57-58(42-50(49)26-34-82(4,5)6)66-73-65(57)77-67-59-43-51(27-35-83(7,8)9)52(28-36-84(10,11)12)44-60(59)69(74-67)79-71-63-47-55(31-39-87(19,20)21)56(32-40-88(22,23)24)48-64(63)72(76-71)80-70-62-46-54(30-38-86(16,17)18)53(29-37-85(13,14)15)45-61(62)68(75-70)78-66/h41-48H,1-24H3,(H2,73,74,75,76,77,78,79,80). The largest absolute Gasteiger partial charge is 0.324 e. The van der Waals surface area contributed by atoms with E-state index in [1.807, 2.05) is 0 Å². The van der Waals surface area contributed by atoms with Crippen molar-refractivity contribution in [3.63, 3.8) is 0 Å². The maximum absolute atomic E-state index is 5.58. The molecule has 0 spiro atoms. The summed E-state index contributed by atoms with van der Waals surface area (Å²) in [5, 5.41) is 3.27. The Hall–Kier alpha value is -7.54. The van der Waals surface area contributed by atoms with Gasteiger partial charge in [-0.1, -0.05) is 204 Å². The second-order valence-corrected chi connectivity index (χ2v) is 69.4. The number of hydrogen-bond acceptors (Lipinski definition) is 6. The van der Waals surface area contributed by atoms with E-state index >= 15 is 0 Å². The Morgan fingerprint density at radius 2 is 0.364 bits per heavy atom. The normalized spacial score (nSPS) is 12.3. The third kappa shape index (κ3) is 16.6. The third-order valence-corrected chi connectivity index (χ3v) is 20.0. The van der Waals surface area contributed by atoms with Crippen LogP contribution in [0.1, 0.15) is 44.5 Å². The Balaban J connectivity index is 1.56. The van der Waals surface area contributed by atoms with Gasteiger partial charge in [0.25, 0.3) is 0 Å². The number of aromatic amines is 2. The van der Waals surface area contributed by atoms with Gasteiger partial charge in [-0.3, -0.25) is 0 Å². The molecule has 8 bridgehead atoms. The lowest BCUT2D eigenvalue weighted by Crippen LogP contribution is -2.17. The lowest BCUT2D eigenvalue weighted by Gasteiger charge is -2.08. The number of fused-ring (bicyclic) bond motifs is 20. The van der Waals surface area contributed by atoms with Gasteiger partial charge in [0.15, 0.2) is 23.3 Å². The van der Waals surface area contributed by atoms with Crippen molar-refractivity contribution in [3.05, 3.63) is 93.0 Å². The SMILES string of the molecule is C[Si](C)(C)C#Cc1cc2c(cc1C#C[Si](C)(C)C)-c1nc-2nc2[nH]c(nc3nc(nc4[nH]c(n1)c1cc(C#C[Si](C)(C)C)c(C#C[Si](C)(C)C)cc41)-c1cc(C#C[Si](C)(C)C)c(C#C[Si](C)(C)C)cc1-3)c1cc(C#C[Si](C)(C)C)c(C#C[Si](C)(C)C)cc21. The molecule has 16 heteroatoms. The number of benzene rings is 4. The predicted molar refractivity (Wildman–Crippen MR) is 398 cm³/mol. The maximum Gasteiger partial charge on any atom is 0.164 e. The minimum atomic E-state index is -1.85. The quantitative estimate of drug-likeness (QED) is 0.116. The highest BCUT2D eigenvalue weighted by Gasteiger charge is 2.27. The molecule has 5 heterocycles. The molecule has 0 atom stereocenters. The van der Waals surface area contributed by atoms with Crippen LogP contribution in [0.15, 0.2) is 48.5 Å². The van der Waals surface area contributed by atoms with Crippen LogP contribution in [0.4, 0.5) is 0 Å². The summed E-state index contributed by atoms with van der Waals surface area (Å²) in [6.45, 7) is 54.3. The average Bonchev–Trinajstić information content (AvgIpc) is 1.99. The van der Waals surface area contributed by atoms with Crippen LogP contribution >= 0.6 is 0 Å². The van der Waals surface area contributed by atoms with Gasteiger partial charge in [0.2, 0.25) is 0 Å². The molecule has 0 saturated heterocycles. The van der Waals surface area contributed by atoms with E-state index in [2.05, 4.69) is 307 Å². The van der Waals surface area contributed by atoms with Gasteiger partial charge < -0.3 is 9.97 Å². The minimum absolute atomic E-state index is 0.469. The van der Waals surface area contributed by atoms with Gasteiger partial charge in [0.05, 0.1) is 0 Å². The van der Waals surface area contributed by atoms with Crippen LogP contribution in [0.25, 0.3) is 89.7 Å². The Kier molecular flexibility index (Phi) is 17.3. The molecule has 3 aromatic heterocycles. The summed E-state index contributed by atoms with van der Waals surface area (Å²) in [4.78, 5) is 40.7. The van der Waals surface area contributed by atoms with Crippen molar-refractivity contribution in [1.29, 1.82) is 0 Å². The summed E-state index contributed by atoms with van der Waals surface area (Å²) in [5.41, 5.74) is 41.3. The van der Waals surface area contributed by atoms with E-state index in [1.165, 1.54) is 0 Å². The topological polar surface area (TPSA) is 109 Å². The van der Waals surface area contributed by atoms with Gasteiger partial charge in [0, 0.05) is 88.3 Å². The Bertz CT molecular complexity index is 4270. The van der Waals surface area contributed by atoms with Gasteiger partial charge in [0.1, 0.15) is 87.2 Å². The van der Waals surface area contributed by atoms with Crippen LogP contribution in [0.5, 0.6) is 0 Å². The molecule has 88 heavy (non-hydrogen) atoms. The molecule has 0 saturated carbocycles. The minimum Gasteiger partial charge on any atom is -0.324 e. The van der Waals surface area contributed by atoms with Crippen molar-refractivity contribution in [2.45, 2.75) is 157 Å². The zero-order valence-corrected chi connectivity index (χ0v) is 64.3. The van der Waals surface area contributed by atoms with Gasteiger partial charge >= 0.3 is 0 Å². The molecule has 442 valence electrons. The zero-order chi connectivity index (χ0) is 64.5. The summed E-state index contributed by atoms with van der Waals surface area (Å²) >= 11 is 0. The molecule has 9 rings (SSSR count). The number of hydrogen-bond donors (Lipinski definition) is 2. The van der Waals surface area contributed by atoms with Crippen LogP contribution in [0.3, 0.4) is 0 Å². The highest BCUT2D eigenvalue weighted by atomic mass is 28.3. The Labute approximate surface area is 532 Å². The lowest BCUT2D eigenvalue weighted by atomic mass is 9.99. The highest BCUT2D eigenvalue weighted by molar-refractivity contribution is 6.86. The molecule has 2 aliphatic rings. The van der Waals surface area contributed by atoms with E-state index in [4.69, 9.17) is 29.9 Å². The van der Waals surface area contributed by atoms with Crippen molar-refractivity contribution in [1.82, 2.24) is 39.9 Å². The van der Waals surface area contributed by atoms with Crippen molar-refractivity contribution < 1.29 is 0 Å². The van der Waals surface area contributed by atoms with Crippen LogP contribution in [-0.4, -0.2) is 104 Å². The molecule has 8 nitrogen and oxygen atoms in total. The van der Waals surface area contributed by atoms with Crippen LogP contribution in [-0.2, 0) is 0 Å². The van der Waals surface area contributed by atoms with E-state index < -0.39 is 64.6 Å². The lowest BCUT2D eigenvalue weighted by molar-refractivity contribution is 1.19. The highest BCUT2D eigenvalue weighted by Crippen LogP contribution is 2.40. The summed E-state index contributed by atoms with van der Waals surface area (Å²) in [5.74, 6) is 30.8. The molecule has 2 aliphatic heterocycles. The second kappa shape index (κ2) is 23.4. The van der Waals surface area contributed by atoms with Crippen molar-refractivity contribution in [2.75, 3.05) is 0 Å². The zero-order valence-electron chi connectivity index (χ0n) is 56.3. The van der Waals surface area contributed by atoms with Crippen molar-refractivity contribution in [3.8, 4) is 137 Å². The van der Waals surface area contributed by atoms with E-state index in [9.17, 15) is 0 Å². The van der Waals surface area contributed by atoms with Crippen molar-refractivity contribution >= 4 is 109 Å². The number of rotatable bonds is 0. The second-order valence-electron chi connectivity index (χ2n) is 31.4. The molecule has 4 aromatic carbocycles. The first kappa shape index (κ1) is 64.9. The number of nitrogens with zero attached hydrogens (tertiary/aromatic N) is 6. The fraction of sp³-hybridized carbons (Fsp3) is 0.333. The van der Waals surface area contributed by atoms with E-state index in [-0.39, 0.29) is 0 Å². The fourth-order valence-corrected chi connectivity index (χ4v) is 12.9. The fourth-order valence-electron chi connectivity index (χ4n) is 8.84. The van der Waals surface area contributed by atoms with Gasteiger partial charge in [-0.2, -0.15) is 0 Å². The summed E-state index contributed by atoms with van der Waals surface area (Å²) in [6, 6.07) is 17.0. The maximum atomic E-state index is 5.58. The first-order valence-electron chi connectivity index (χ1n) is 30.3. The summed E-state index contributed by atoms with van der Waals surface area (Å²) in [6.07, 6.45) is 0. The summed E-state index contributed by atoms with van der Waals surface area (Å²) < 4.78 is 0. The average molecular weight is 1280 g/mol. The number of H-pyrrole nitrogens is 2. The molecule has 0 aliphatic carbocycles. The molecular formula is C72H82N8Si8. The van der Waals surface area contributed by atoms with Gasteiger partial charge in [-0.25, -0.2) is 29.9 Å². The molecular weight excluding hydrogens is 1200 g/mol. The van der Waals surface area contributed by atoms with Crippen LogP contribution < -0.4 is 0 Å². The van der Waals surface area contributed by atoms with Gasteiger partial charge in [-0.05, 0) is 48.5 Å².